The molecule has 1 aromatic heterocycles. The average Bonchev–Trinajstić information content (AvgIpc) is 3.12. The number of aryl methyl sites for hydroxylation is 1. The molecule has 0 aliphatic heterocycles. The smallest absolute Gasteiger partial charge is 0.275 e. The Labute approximate surface area is 154 Å². The van der Waals surface area contributed by atoms with Crippen LogP contribution in [0.1, 0.15) is 16.1 Å². The first-order valence-corrected chi connectivity index (χ1v) is 8.74. The van der Waals surface area contributed by atoms with Crippen molar-refractivity contribution >= 4 is 28.8 Å². The molecule has 3 rings (SSSR count). The van der Waals surface area contributed by atoms with E-state index in [1.165, 1.54) is 16.9 Å². The first kappa shape index (κ1) is 17.6. The summed E-state index contributed by atoms with van der Waals surface area (Å²) >= 11 is 1.42. The SMILES string of the molecule is Cc1ccc(-c2nc(C(=O)Nc3ccc(OCC(N)=O)cc3)cs2)cc1. The van der Waals surface area contributed by atoms with Gasteiger partial charge in [0, 0.05) is 16.6 Å². The maximum Gasteiger partial charge on any atom is 0.275 e. The van der Waals surface area contributed by atoms with E-state index in [9.17, 15) is 9.59 Å². The third kappa shape index (κ3) is 4.46. The van der Waals surface area contributed by atoms with Gasteiger partial charge in [-0.15, -0.1) is 11.3 Å². The highest BCUT2D eigenvalue weighted by Crippen LogP contribution is 2.24. The van der Waals surface area contributed by atoms with Gasteiger partial charge in [-0.2, -0.15) is 0 Å². The number of hydrogen-bond acceptors (Lipinski definition) is 5. The van der Waals surface area contributed by atoms with E-state index in [-0.39, 0.29) is 12.5 Å². The van der Waals surface area contributed by atoms with E-state index in [1.807, 2.05) is 31.2 Å². The van der Waals surface area contributed by atoms with Crippen molar-refractivity contribution in [3.05, 3.63) is 65.2 Å². The van der Waals surface area contributed by atoms with E-state index < -0.39 is 5.91 Å². The topological polar surface area (TPSA) is 94.3 Å². The minimum absolute atomic E-state index is 0.188. The lowest BCUT2D eigenvalue weighted by atomic mass is 10.2. The Morgan fingerprint density at radius 1 is 1.12 bits per heavy atom. The lowest BCUT2D eigenvalue weighted by molar-refractivity contribution is -0.119. The van der Waals surface area contributed by atoms with Gasteiger partial charge in [-0.05, 0) is 31.2 Å². The maximum absolute atomic E-state index is 12.4. The summed E-state index contributed by atoms with van der Waals surface area (Å²) in [6.07, 6.45) is 0. The van der Waals surface area contributed by atoms with Gasteiger partial charge in [-0.3, -0.25) is 9.59 Å². The number of carbonyl (C=O) groups is 2. The molecule has 0 atom stereocenters. The Bertz CT molecular complexity index is 918. The third-order valence-electron chi connectivity index (χ3n) is 3.53. The van der Waals surface area contributed by atoms with Crippen LogP contribution in [0.15, 0.2) is 53.9 Å². The van der Waals surface area contributed by atoms with Crippen LogP contribution in [0.5, 0.6) is 5.75 Å². The number of benzene rings is 2. The Morgan fingerprint density at radius 2 is 1.81 bits per heavy atom. The Morgan fingerprint density at radius 3 is 2.46 bits per heavy atom. The van der Waals surface area contributed by atoms with Crippen LogP contribution >= 0.6 is 11.3 Å². The summed E-state index contributed by atoms with van der Waals surface area (Å²) in [5, 5.41) is 5.31. The second-order valence-electron chi connectivity index (χ2n) is 5.64. The van der Waals surface area contributed by atoms with Gasteiger partial charge in [0.05, 0.1) is 0 Å². The zero-order chi connectivity index (χ0) is 18.5. The zero-order valence-electron chi connectivity index (χ0n) is 14.1. The Hall–Kier alpha value is -3.19. The number of hydrogen-bond donors (Lipinski definition) is 2. The number of thiazole rings is 1. The molecule has 3 aromatic rings. The van der Waals surface area contributed by atoms with Crippen LogP contribution in [-0.4, -0.2) is 23.4 Å². The Kier molecular flexibility index (Phi) is 5.28. The number of rotatable bonds is 6. The van der Waals surface area contributed by atoms with Crippen LogP contribution in [0.3, 0.4) is 0 Å². The van der Waals surface area contributed by atoms with Gasteiger partial charge in [0.1, 0.15) is 16.5 Å². The monoisotopic (exact) mass is 367 g/mol. The molecule has 0 unspecified atom stereocenters. The second-order valence-corrected chi connectivity index (χ2v) is 6.50. The summed E-state index contributed by atoms with van der Waals surface area (Å²) in [6, 6.07) is 14.7. The highest BCUT2D eigenvalue weighted by molar-refractivity contribution is 7.13. The van der Waals surface area contributed by atoms with E-state index in [0.29, 0.717) is 17.1 Å². The molecule has 26 heavy (non-hydrogen) atoms. The molecule has 132 valence electrons. The highest BCUT2D eigenvalue weighted by Gasteiger charge is 2.12. The molecule has 2 amide bonds. The van der Waals surface area contributed by atoms with Crippen molar-refractivity contribution in [3.63, 3.8) is 0 Å². The molecule has 0 aliphatic carbocycles. The molecule has 0 fully saturated rings. The van der Waals surface area contributed by atoms with Gasteiger partial charge in [0.2, 0.25) is 0 Å². The number of amides is 2. The fourth-order valence-electron chi connectivity index (χ4n) is 2.19. The fraction of sp³-hybridized carbons (Fsp3) is 0.105. The van der Waals surface area contributed by atoms with E-state index in [2.05, 4.69) is 10.3 Å². The number of carbonyl (C=O) groups excluding carboxylic acids is 2. The number of nitrogens with zero attached hydrogens (tertiary/aromatic N) is 1. The molecule has 0 bridgehead atoms. The lowest BCUT2D eigenvalue weighted by Gasteiger charge is -2.06. The van der Waals surface area contributed by atoms with Crippen molar-refractivity contribution in [2.45, 2.75) is 6.92 Å². The van der Waals surface area contributed by atoms with Crippen molar-refractivity contribution in [1.82, 2.24) is 4.98 Å². The predicted octanol–water partition coefficient (Wildman–Crippen LogP) is 3.23. The van der Waals surface area contributed by atoms with Gasteiger partial charge < -0.3 is 15.8 Å². The molecule has 1 heterocycles. The van der Waals surface area contributed by atoms with Crippen molar-refractivity contribution < 1.29 is 14.3 Å². The molecule has 0 radical (unpaired) electrons. The van der Waals surface area contributed by atoms with Gasteiger partial charge in [0.15, 0.2) is 6.61 Å². The van der Waals surface area contributed by atoms with Crippen molar-refractivity contribution in [2.24, 2.45) is 5.73 Å². The molecule has 0 spiro atoms. The first-order chi connectivity index (χ1) is 12.5. The normalized spacial score (nSPS) is 10.3. The molecule has 6 nitrogen and oxygen atoms in total. The van der Waals surface area contributed by atoms with Crippen molar-refractivity contribution in [3.8, 4) is 16.3 Å². The largest absolute Gasteiger partial charge is 0.484 e. The number of nitrogens with two attached hydrogens (primary N) is 1. The molecule has 2 aromatic carbocycles. The number of primary amides is 1. The van der Waals surface area contributed by atoms with Crippen LogP contribution < -0.4 is 15.8 Å². The minimum Gasteiger partial charge on any atom is -0.484 e. The van der Waals surface area contributed by atoms with E-state index in [0.717, 1.165) is 10.6 Å². The summed E-state index contributed by atoms with van der Waals surface area (Å²) in [7, 11) is 0. The summed E-state index contributed by atoms with van der Waals surface area (Å²) in [5.41, 5.74) is 8.14. The van der Waals surface area contributed by atoms with Gasteiger partial charge in [-0.25, -0.2) is 4.98 Å². The number of aromatic nitrogens is 1. The summed E-state index contributed by atoms with van der Waals surface area (Å²) in [4.78, 5) is 27.5. The number of nitrogens with one attached hydrogen (secondary N) is 1. The quantitative estimate of drug-likeness (QED) is 0.699. The summed E-state index contributed by atoms with van der Waals surface area (Å²) < 4.78 is 5.17. The number of anilines is 1. The van der Waals surface area contributed by atoms with Gasteiger partial charge in [0.25, 0.3) is 11.8 Å². The first-order valence-electron chi connectivity index (χ1n) is 7.86. The number of ether oxygens (including phenoxy) is 1. The third-order valence-corrected chi connectivity index (χ3v) is 4.42. The van der Waals surface area contributed by atoms with Crippen LogP contribution in [0.25, 0.3) is 10.6 Å². The zero-order valence-corrected chi connectivity index (χ0v) is 14.9. The minimum atomic E-state index is -0.546. The molecule has 3 N–H and O–H groups in total. The van der Waals surface area contributed by atoms with Gasteiger partial charge in [-0.1, -0.05) is 29.8 Å². The fourth-order valence-corrected chi connectivity index (χ4v) is 3.00. The molecule has 0 saturated heterocycles. The van der Waals surface area contributed by atoms with E-state index in [4.69, 9.17) is 10.5 Å². The van der Waals surface area contributed by atoms with E-state index >= 15 is 0 Å². The summed E-state index contributed by atoms with van der Waals surface area (Å²) in [6.45, 7) is 1.83. The molecular weight excluding hydrogens is 350 g/mol. The second kappa shape index (κ2) is 7.79. The van der Waals surface area contributed by atoms with Crippen molar-refractivity contribution in [1.29, 1.82) is 0 Å². The molecular formula is C19H17N3O3S. The molecule has 0 aliphatic rings. The lowest BCUT2D eigenvalue weighted by Crippen LogP contribution is -2.20. The Balaban J connectivity index is 1.65. The molecule has 0 saturated carbocycles. The van der Waals surface area contributed by atoms with Crippen LogP contribution in [0.2, 0.25) is 0 Å². The van der Waals surface area contributed by atoms with Gasteiger partial charge >= 0.3 is 0 Å². The van der Waals surface area contributed by atoms with Crippen LogP contribution in [0.4, 0.5) is 5.69 Å². The van der Waals surface area contributed by atoms with E-state index in [1.54, 1.807) is 29.6 Å². The van der Waals surface area contributed by atoms with Crippen LogP contribution in [0, 0.1) is 6.92 Å². The molecule has 7 heteroatoms. The maximum atomic E-state index is 12.4. The summed E-state index contributed by atoms with van der Waals surface area (Å²) in [5.74, 6) is -0.335. The highest BCUT2D eigenvalue weighted by atomic mass is 32.1. The predicted molar refractivity (Wildman–Crippen MR) is 101 cm³/mol. The van der Waals surface area contributed by atoms with Crippen LogP contribution in [-0.2, 0) is 4.79 Å². The average molecular weight is 367 g/mol. The van der Waals surface area contributed by atoms with Crippen molar-refractivity contribution in [2.75, 3.05) is 11.9 Å². The standard InChI is InChI=1S/C19H17N3O3S/c1-12-2-4-13(5-3-12)19-22-16(11-26-19)18(24)21-14-6-8-15(9-7-14)25-10-17(20)23/h2-9,11H,10H2,1H3,(H2,20,23)(H,21,24).